The molecular formula is C20H19NO3S. The molecule has 3 aromatic rings. The summed E-state index contributed by atoms with van der Waals surface area (Å²) in [5.41, 5.74) is 2.85. The van der Waals surface area contributed by atoms with Crippen molar-refractivity contribution >= 4 is 15.7 Å². The zero-order valence-electron chi connectivity index (χ0n) is 14.1. The van der Waals surface area contributed by atoms with E-state index in [1.165, 1.54) is 5.56 Å². The molecule has 0 saturated carbocycles. The second-order valence-electron chi connectivity index (χ2n) is 5.79. The van der Waals surface area contributed by atoms with Crippen molar-refractivity contribution in [1.82, 2.24) is 0 Å². The molecule has 0 heterocycles. The Hall–Kier alpha value is -2.79. The molecular weight excluding hydrogens is 334 g/mol. The third-order valence-electron chi connectivity index (χ3n) is 3.87. The summed E-state index contributed by atoms with van der Waals surface area (Å²) >= 11 is 0. The molecule has 0 bridgehead atoms. The second-order valence-corrected chi connectivity index (χ2v) is 7.47. The standard InChI is InChI=1S/C20H19NO3S/c1-15-8-11-19(14-16(15)2)24-18-12-9-17(10-13-18)21-25(22,23)20-6-4-3-5-7-20/h3-14,21H,1-2H3. The van der Waals surface area contributed by atoms with E-state index in [2.05, 4.69) is 4.72 Å². The van der Waals surface area contributed by atoms with Crippen LogP contribution in [0.25, 0.3) is 0 Å². The van der Waals surface area contributed by atoms with Crippen LogP contribution in [-0.2, 0) is 10.0 Å². The van der Waals surface area contributed by atoms with Crippen molar-refractivity contribution in [3.8, 4) is 11.5 Å². The van der Waals surface area contributed by atoms with Gasteiger partial charge in [-0.1, -0.05) is 24.3 Å². The van der Waals surface area contributed by atoms with Crippen LogP contribution in [0.1, 0.15) is 11.1 Å². The molecule has 5 heteroatoms. The number of sulfonamides is 1. The van der Waals surface area contributed by atoms with Gasteiger partial charge in [0.25, 0.3) is 10.0 Å². The van der Waals surface area contributed by atoms with Crippen LogP contribution >= 0.6 is 0 Å². The van der Waals surface area contributed by atoms with Crippen LogP contribution in [0.5, 0.6) is 11.5 Å². The topological polar surface area (TPSA) is 55.4 Å². The molecule has 0 unspecified atom stereocenters. The smallest absolute Gasteiger partial charge is 0.261 e. The van der Waals surface area contributed by atoms with Gasteiger partial charge in [-0.05, 0) is 73.5 Å². The summed E-state index contributed by atoms with van der Waals surface area (Å²) in [7, 11) is -3.59. The van der Waals surface area contributed by atoms with Crippen LogP contribution in [-0.4, -0.2) is 8.42 Å². The molecule has 0 aliphatic carbocycles. The van der Waals surface area contributed by atoms with E-state index in [-0.39, 0.29) is 4.90 Å². The lowest BCUT2D eigenvalue weighted by molar-refractivity contribution is 0.482. The fourth-order valence-corrected chi connectivity index (χ4v) is 3.40. The first-order valence-corrected chi connectivity index (χ1v) is 9.35. The fourth-order valence-electron chi connectivity index (χ4n) is 2.32. The van der Waals surface area contributed by atoms with E-state index in [1.54, 1.807) is 54.6 Å². The summed E-state index contributed by atoms with van der Waals surface area (Å²) in [5.74, 6) is 1.40. The predicted octanol–water partition coefficient (Wildman–Crippen LogP) is 4.90. The molecule has 0 aliphatic heterocycles. The van der Waals surface area contributed by atoms with Crippen LogP contribution in [0.2, 0.25) is 0 Å². The maximum atomic E-state index is 12.3. The zero-order chi connectivity index (χ0) is 17.9. The normalized spacial score (nSPS) is 11.1. The minimum Gasteiger partial charge on any atom is -0.457 e. The van der Waals surface area contributed by atoms with Gasteiger partial charge in [0.1, 0.15) is 11.5 Å². The molecule has 0 aromatic heterocycles. The van der Waals surface area contributed by atoms with Crippen molar-refractivity contribution in [1.29, 1.82) is 0 Å². The lowest BCUT2D eigenvalue weighted by Gasteiger charge is -2.10. The Morgan fingerprint density at radius 2 is 1.40 bits per heavy atom. The van der Waals surface area contributed by atoms with Gasteiger partial charge in [-0.25, -0.2) is 8.42 Å². The molecule has 0 radical (unpaired) electrons. The number of hydrogen-bond donors (Lipinski definition) is 1. The number of benzene rings is 3. The van der Waals surface area contributed by atoms with Crippen LogP contribution in [0.15, 0.2) is 77.7 Å². The van der Waals surface area contributed by atoms with Gasteiger partial charge in [-0.3, -0.25) is 4.72 Å². The Balaban J connectivity index is 1.73. The lowest BCUT2D eigenvalue weighted by atomic mass is 10.1. The first kappa shape index (κ1) is 17.0. The van der Waals surface area contributed by atoms with Gasteiger partial charge in [0.15, 0.2) is 0 Å². The maximum absolute atomic E-state index is 12.3. The highest BCUT2D eigenvalue weighted by Crippen LogP contribution is 2.25. The number of nitrogens with one attached hydrogen (secondary N) is 1. The third-order valence-corrected chi connectivity index (χ3v) is 5.27. The molecule has 0 amide bonds. The third kappa shape index (κ3) is 4.19. The SMILES string of the molecule is Cc1ccc(Oc2ccc(NS(=O)(=O)c3ccccc3)cc2)cc1C. The maximum Gasteiger partial charge on any atom is 0.261 e. The largest absolute Gasteiger partial charge is 0.457 e. The van der Waals surface area contributed by atoms with Gasteiger partial charge in [0, 0.05) is 5.69 Å². The molecule has 0 atom stereocenters. The Morgan fingerprint density at radius 3 is 2.04 bits per heavy atom. The highest BCUT2D eigenvalue weighted by Gasteiger charge is 2.13. The van der Waals surface area contributed by atoms with Gasteiger partial charge in [-0.2, -0.15) is 0 Å². The van der Waals surface area contributed by atoms with E-state index in [4.69, 9.17) is 4.74 Å². The number of ether oxygens (including phenoxy) is 1. The first-order chi connectivity index (χ1) is 11.9. The van der Waals surface area contributed by atoms with E-state index in [0.717, 1.165) is 11.3 Å². The number of anilines is 1. The van der Waals surface area contributed by atoms with E-state index in [9.17, 15) is 8.42 Å². The summed E-state index contributed by atoms with van der Waals surface area (Å²) in [6.45, 7) is 4.08. The van der Waals surface area contributed by atoms with E-state index >= 15 is 0 Å². The van der Waals surface area contributed by atoms with Crippen molar-refractivity contribution in [2.75, 3.05) is 4.72 Å². The Morgan fingerprint density at radius 1 is 0.760 bits per heavy atom. The van der Waals surface area contributed by atoms with Crippen molar-refractivity contribution < 1.29 is 13.2 Å². The fraction of sp³-hybridized carbons (Fsp3) is 0.100. The molecule has 1 N–H and O–H groups in total. The number of aryl methyl sites for hydroxylation is 2. The average molecular weight is 353 g/mol. The van der Waals surface area contributed by atoms with Crippen molar-refractivity contribution in [3.05, 3.63) is 83.9 Å². The predicted molar refractivity (Wildman–Crippen MR) is 99.7 cm³/mol. The number of rotatable bonds is 5. The summed E-state index contributed by atoms with van der Waals surface area (Å²) in [6, 6.07) is 21.0. The van der Waals surface area contributed by atoms with E-state index in [0.29, 0.717) is 11.4 Å². The van der Waals surface area contributed by atoms with Crippen molar-refractivity contribution in [2.24, 2.45) is 0 Å². The highest BCUT2D eigenvalue weighted by atomic mass is 32.2. The minimum absolute atomic E-state index is 0.227. The molecule has 0 saturated heterocycles. The quantitative estimate of drug-likeness (QED) is 0.710. The van der Waals surface area contributed by atoms with Gasteiger partial charge >= 0.3 is 0 Å². The van der Waals surface area contributed by atoms with Gasteiger partial charge in [-0.15, -0.1) is 0 Å². The molecule has 3 aromatic carbocycles. The molecule has 25 heavy (non-hydrogen) atoms. The molecule has 0 spiro atoms. The summed E-state index contributed by atoms with van der Waals surface area (Å²) in [4.78, 5) is 0.227. The van der Waals surface area contributed by atoms with E-state index < -0.39 is 10.0 Å². The first-order valence-electron chi connectivity index (χ1n) is 7.87. The Bertz CT molecular complexity index is 966. The lowest BCUT2D eigenvalue weighted by Crippen LogP contribution is -2.12. The highest BCUT2D eigenvalue weighted by molar-refractivity contribution is 7.92. The second kappa shape index (κ2) is 6.99. The van der Waals surface area contributed by atoms with Crippen LogP contribution in [0.4, 0.5) is 5.69 Å². The molecule has 4 nitrogen and oxygen atoms in total. The van der Waals surface area contributed by atoms with Crippen molar-refractivity contribution in [2.45, 2.75) is 18.7 Å². The minimum atomic E-state index is -3.59. The van der Waals surface area contributed by atoms with E-state index in [1.807, 2.05) is 32.0 Å². The molecule has 128 valence electrons. The molecule has 0 aliphatic rings. The molecule has 0 fully saturated rings. The van der Waals surface area contributed by atoms with Crippen molar-refractivity contribution in [3.63, 3.8) is 0 Å². The monoisotopic (exact) mass is 353 g/mol. The summed E-state index contributed by atoms with van der Waals surface area (Å²) in [6.07, 6.45) is 0. The van der Waals surface area contributed by atoms with Gasteiger partial charge in [0.05, 0.1) is 4.90 Å². The van der Waals surface area contributed by atoms with Crippen LogP contribution < -0.4 is 9.46 Å². The average Bonchev–Trinajstić information content (AvgIpc) is 2.60. The molecule has 3 rings (SSSR count). The summed E-state index contributed by atoms with van der Waals surface area (Å²) in [5, 5.41) is 0. The van der Waals surface area contributed by atoms with Crippen LogP contribution in [0.3, 0.4) is 0 Å². The Kier molecular flexibility index (Phi) is 4.76. The number of hydrogen-bond acceptors (Lipinski definition) is 3. The van der Waals surface area contributed by atoms with Gasteiger partial charge < -0.3 is 4.74 Å². The van der Waals surface area contributed by atoms with Gasteiger partial charge in [0.2, 0.25) is 0 Å². The Labute approximate surface area is 148 Å². The zero-order valence-corrected chi connectivity index (χ0v) is 14.9. The summed E-state index contributed by atoms with van der Waals surface area (Å²) < 4.78 is 33.0. The van der Waals surface area contributed by atoms with Crippen LogP contribution in [0, 0.1) is 13.8 Å².